The number of thioether (sulfide) groups is 1. The first-order chi connectivity index (χ1) is 17.1. The number of esters is 1. The number of aromatic nitrogens is 2. The molecule has 1 unspecified atom stereocenters. The van der Waals surface area contributed by atoms with E-state index in [1.807, 2.05) is 54.6 Å². The standard InChI is InChI=1S/C26H28N4O4S/c1-33-25(32)26(18-22-27-23(28-34-22)19-10-4-2-5-11-19)24(31)30(17-16-29-14-8-3-9-15-29)20-12-6-7-13-21(20)35-26/h2,4-7,10-13H,3,8-9,14-18H2,1H3. The maximum Gasteiger partial charge on any atom is 0.332 e. The number of ether oxygens (including phenoxy) is 1. The molecule has 3 aromatic rings. The van der Waals surface area contributed by atoms with Gasteiger partial charge in [0.1, 0.15) is 0 Å². The molecule has 1 fully saturated rings. The van der Waals surface area contributed by atoms with Crippen molar-refractivity contribution in [3.63, 3.8) is 0 Å². The number of methoxy groups -OCH3 is 1. The monoisotopic (exact) mass is 492 g/mol. The molecular formula is C26H28N4O4S. The maximum absolute atomic E-state index is 14.1. The minimum atomic E-state index is -1.55. The largest absolute Gasteiger partial charge is 0.468 e. The van der Waals surface area contributed by atoms with Gasteiger partial charge in [0.25, 0.3) is 5.91 Å². The summed E-state index contributed by atoms with van der Waals surface area (Å²) < 4.78 is 9.13. The number of rotatable bonds is 7. The van der Waals surface area contributed by atoms with Crippen LogP contribution in [0.15, 0.2) is 64.0 Å². The van der Waals surface area contributed by atoms with E-state index in [4.69, 9.17) is 9.26 Å². The molecular weight excluding hydrogens is 464 g/mol. The van der Waals surface area contributed by atoms with E-state index in [9.17, 15) is 9.59 Å². The lowest BCUT2D eigenvalue weighted by atomic mass is 10.0. The van der Waals surface area contributed by atoms with Gasteiger partial charge in [-0.1, -0.05) is 65.8 Å². The highest BCUT2D eigenvalue weighted by molar-refractivity contribution is 8.02. The summed E-state index contributed by atoms with van der Waals surface area (Å²) in [7, 11) is 1.31. The van der Waals surface area contributed by atoms with Crippen LogP contribution in [0.4, 0.5) is 5.69 Å². The summed E-state index contributed by atoms with van der Waals surface area (Å²) in [6, 6.07) is 17.1. The molecule has 0 saturated carbocycles. The van der Waals surface area contributed by atoms with Gasteiger partial charge in [-0.2, -0.15) is 4.98 Å². The van der Waals surface area contributed by atoms with Crippen molar-refractivity contribution in [2.24, 2.45) is 0 Å². The average molecular weight is 493 g/mol. The number of hydrogen-bond acceptors (Lipinski definition) is 8. The molecule has 9 heteroatoms. The van der Waals surface area contributed by atoms with Crippen molar-refractivity contribution in [2.75, 3.05) is 38.2 Å². The van der Waals surface area contributed by atoms with E-state index in [0.29, 0.717) is 12.4 Å². The molecule has 0 spiro atoms. The molecule has 2 aromatic carbocycles. The predicted molar refractivity (Wildman–Crippen MR) is 133 cm³/mol. The third-order valence-corrected chi connectivity index (χ3v) is 7.93. The number of hydrogen-bond donors (Lipinski definition) is 0. The van der Waals surface area contributed by atoms with Gasteiger partial charge in [0.15, 0.2) is 0 Å². The lowest BCUT2D eigenvalue weighted by Crippen LogP contribution is -2.57. The van der Waals surface area contributed by atoms with Gasteiger partial charge in [0.05, 0.1) is 19.2 Å². The van der Waals surface area contributed by atoms with Gasteiger partial charge in [-0.15, -0.1) is 0 Å². The van der Waals surface area contributed by atoms with Crippen LogP contribution in [0.1, 0.15) is 25.2 Å². The van der Waals surface area contributed by atoms with Crippen LogP contribution in [0, 0.1) is 0 Å². The van der Waals surface area contributed by atoms with Crippen molar-refractivity contribution in [3.05, 3.63) is 60.5 Å². The highest BCUT2D eigenvalue weighted by Crippen LogP contribution is 2.47. The highest BCUT2D eigenvalue weighted by Gasteiger charge is 2.55. The Balaban J connectivity index is 1.47. The number of nitrogens with zero attached hydrogens (tertiary/aromatic N) is 4. The highest BCUT2D eigenvalue weighted by atomic mass is 32.2. The van der Waals surface area contributed by atoms with Crippen molar-refractivity contribution in [1.29, 1.82) is 0 Å². The Labute approximate surface area is 208 Å². The maximum atomic E-state index is 14.1. The Hall–Kier alpha value is -3.17. The Morgan fingerprint density at radius 2 is 1.80 bits per heavy atom. The van der Waals surface area contributed by atoms with Crippen LogP contribution in [-0.4, -0.2) is 65.0 Å². The smallest absolute Gasteiger partial charge is 0.332 e. The number of fused-ring (bicyclic) bond motifs is 1. The summed E-state index contributed by atoms with van der Waals surface area (Å²) in [6.45, 7) is 3.31. The molecule has 1 atom stereocenters. The van der Waals surface area contributed by atoms with Crippen LogP contribution in [0.25, 0.3) is 11.4 Å². The summed E-state index contributed by atoms with van der Waals surface area (Å²) >= 11 is 1.20. The zero-order valence-electron chi connectivity index (χ0n) is 19.7. The molecule has 0 N–H and O–H groups in total. The van der Waals surface area contributed by atoms with Crippen molar-refractivity contribution in [3.8, 4) is 11.4 Å². The summed E-state index contributed by atoms with van der Waals surface area (Å²) in [5.74, 6) is -0.310. The van der Waals surface area contributed by atoms with Gasteiger partial charge >= 0.3 is 5.97 Å². The van der Waals surface area contributed by atoms with E-state index in [1.54, 1.807) is 4.90 Å². The Morgan fingerprint density at radius 3 is 2.57 bits per heavy atom. The zero-order chi connectivity index (χ0) is 24.3. The number of likely N-dealkylation sites (tertiary alicyclic amines) is 1. The van der Waals surface area contributed by atoms with Crippen LogP contribution in [-0.2, 0) is 20.7 Å². The Kier molecular flexibility index (Phi) is 6.88. The van der Waals surface area contributed by atoms with Gasteiger partial charge in [-0.3, -0.25) is 4.79 Å². The third-order valence-electron chi connectivity index (χ3n) is 6.53. The van der Waals surface area contributed by atoms with Gasteiger partial charge < -0.3 is 19.1 Å². The molecule has 1 saturated heterocycles. The normalized spacial score (nSPS) is 20.5. The number of amides is 1. The molecule has 0 bridgehead atoms. The first-order valence-electron chi connectivity index (χ1n) is 11.9. The van der Waals surface area contributed by atoms with Crippen molar-refractivity contribution < 1.29 is 18.8 Å². The second kappa shape index (κ2) is 10.2. The van der Waals surface area contributed by atoms with Gasteiger partial charge in [0.2, 0.25) is 16.5 Å². The molecule has 2 aliphatic heterocycles. The molecule has 3 heterocycles. The topological polar surface area (TPSA) is 88.8 Å². The number of piperidine rings is 1. The number of carbonyl (C=O) groups is 2. The predicted octanol–water partition coefficient (Wildman–Crippen LogP) is 3.82. The molecule has 0 radical (unpaired) electrons. The zero-order valence-corrected chi connectivity index (χ0v) is 20.5. The SMILES string of the molecule is COC(=O)C1(Cc2nc(-c3ccccc3)no2)Sc2ccccc2N(CCN2CCCCC2)C1=O. The summed E-state index contributed by atoms with van der Waals surface area (Å²) in [5, 5.41) is 4.08. The molecule has 182 valence electrons. The number of benzene rings is 2. The molecule has 1 aromatic heterocycles. The lowest BCUT2D eigenvalue weighted by Gasteiger charge is -2.40. The molecule has 2 aliphatic rings. The molecule has 0 aliphatic carbocycles. The molecule has 5 rings (SSSR count). The van der Waals surface area contributed by atoms with E-state index in [-0.39, 0.29) is 18.2 Å². The van der Waals surface area contributed by atoms with E-state index in [0.717, 1.165) is 35.8 Å². The molecule has 35 heavy (non-hydrogen) atoms. The van der Waals surface area contributed by atoms with E-state index >= 15 is 0 Å². The fraction of sp³-hybridized carbons (Fsp3) is 0.385. The average Bonchev–Trinajstić information content (AvgIpc) is 3.37. The first-order valence-corrected chi connectivity index (χ1v) is 12.7. The minimum absolute atomic E-state index is 0.0580. The number of para-hydroxylation sites is 1. The van der Waals surface area contributed by atoms with Crippen LogP contribution < -0.4 is 4.90 Å². The number of anilines is 1. The second-order valence-electron chi connectivity index (χ2n) is 8.80. The van der Waals surface area contributed by atoms with Gasteiger partial charge in [-0.25, -0.2) is 4.79 Å². The molecule has 8 nitrogen and oxygen atoms in total. The van der Waals surface area contributed by atoms with Crippen molar-refractivity contribution >= 4 is 29.3 Å². The number of carbonyl (C=O) groups excluding carboxylic acids is 2. The fourth-order valence-corrected chi connectivity index (χ4v) is 6.06. The summed E-state index contributed by atoms with van der Waals surface area (Å²) in [5.41, 5.74) is 1.61. The minimum Gasteiger partial charge on any atom is -0.468 e. The lowest BCUT2D eigenvalue weighted by molar-refractivity contribution is -0.147. The van der Waals surface area contributed by atoms with Gasteiger partial charge in [0, 0.05) is 23.5 Å². The molecule has 1 amide bonds. The Morgan fingerprint density at radius 1 is 1.06 bits per heavy atom. The van der Waals surface area contributed by atoms with Crippen molar-refractivity contribution in [1.82, 2.24) is 15.0 Å². The van der Waals surface area contributed by atoms with E-state index in [2.05, 4.69) is 15.0 Å². The van der Waals surface area contributed by atoms with E-state index in [1.165, 1.54) is 38.1 Å². The van der Waals surface area contributed by atoms with Crippen LogP contribution in [0.3, 0.4) is 0 Å². The quantitative estimate of drug-likeness (QED) is 0.363. The first kappa shape index (κ1) is 23.6. The van der Waals surface area contributed by atoms with Crippen LogP contribution in [0.2, 0.25) is 0 Å². The summed E-state index contributed by atoms with van der Waals surface area (Å²) in [6.07, 6.45) is 3.54. The van der Waals surface area contributed by atoms with Crippen LogP contribution in [0.5, 0.6) is 0 Å². The van der Waals surface area contributed by atoms with Gasteiger partial charge in [-0.05, 0) is 38.1 Å². The van der Waals surface area contributed by atoms with Crippen LogP contribution >= 0.6 is 11.8 Å². The van der Waals surface area contributed by atoms with E-state index < -0.39 is 10.7 Å². The second-order valence-corrected chi connectivity index (χ2v) is 10.1. The Bertz CT molecular complexity index is 1190. The third kappa shape index (κ3) is 4.70. The fourth-order valence-electron chi connectivity index (χ4n) is 4.69. The summed E-state index contributed by atoms with van der Waals surface area (Å²) in [4.78, 5) is 36.8. The van der Waals surface area contributed by atoms with Crippen molar-refractivity contribution in [2.45, 2.75) is 35.3 Å².